The first kappa shape index (κ1) is 22.5. The van der Waals surface area contributed by atoms with E-state index >= 15 is 0 Å². The smallest absolute Gasteiger partial charge is 0.252 e. The van der Waals surface area contributed by atoms with E-state index in [1.54, 1.807) is 53.4 Å². The molecule has 1 aromatic heterocycles. The first-order chi connectivity index (χ1) is 16.9. The summed E-state index contributed by atoms with van der Waals surface area (Å²) in [5.74, 6) is -1.40. The van der Waals surface area contributed by atoms with Gasteiger partial charge in [0.2, 0.25) is 11.8 Å². The highest BCUT2D eigenvalue weighted by atomic mass is 19.1. The molecule has 5 rings (SSSR count). The topological polar surface area (TPSA) is 96.3 Å². The lowest BCUT2D eigenvalue weighted by Gasteiger charge is -2.38. The molecule has 3 aromatic rings. The number of anilines is 1. The molecule has 0 radical (unpaired) electrons. The second kappa shape index (κ2) is 9.17. The molecule has 3 atom stereocenters. The van der Waals surface area contributed by atoms with Crippen molar-refractivity contribution in [1.29, 1.82) is 0 Å². The largest absolute Gasteiger partial charge is 0.338 e. The number of benzene rings is 2. The molecule has 2 heterocycles. The number of nitrogens with zero attached hydrogens (tertiary/aromatic N) is 3. The molecular formula is C26H24FN5O3. The van der Waals surface area contributed by atoms with Gasteiger partial charge in [0.15, 0.2) is 0 Å². The third-order valence-electron chi connectivity index (χ3n) is 6.49. The highest BCUT2D eigenvalue weighted by Crippen LogP contribution is 2.32. The molecule has 1 aliphatic carbocycles. The van der Waals surface area contributed by atoms with Crippen LogP contribution in [-0.2, 0) is 16.6 Å². The van der Waals surface area contributed by atoms with Gasteiger partial charge in [0.1, 0.15) is 17.7 Å². The number of rotatable bonds is 5. The maximum Gasteiger partial charge on any atom is 0.252 e. The molecule has 0 spiro atoms. The van der Waals surface area contributed by atoms with Crippen LogP contribution in [0.15, 0.2) is 73.1 Å². The molecule has 2 N–H and O–H groups in total. The fourth-order valence-electron chi connectivity index (χ4n) is 4.59. The van der Waals surface area contributed by atoms with Gasteiger partial charge in [0, 0.05) is 25.0 Å². The number of hydrogen-bond acceptors (Lipinski definition) is 4. The van der Waals surface area contributed by atoms with Crippen molar-refractivity contribution >= 4 is 23.4 Å². The summed E-state index contributed by atoms with van der Waals surface area (Å²) in [5, 5.41) is 4.19. The molecule has 2 aliphatic rings. The summed E-state index contributed by atoms with van der Waals surface area (Å²) in [6, 6.07) is 11.7. The quantitative estimate of drug-likeness (QED) is 0.557. The number of halogens is 1. The maximum atomic E-state index is 13.5. The fraction of sp³-hybridized carbons (Fsp3) is 0.231. The van der Waals surface area contributed by atoms with Gasteiger partial charge in [0.05, 0.1) is 17.5 Å². The van der Waals surface area contributed by atoms with Crippen molar-refractivity contribution in [3.63, 3.8) is 0 Å². The van der Waals surface area contributed by atoms with Crippen LogP contribution in [0.4, 0.5) is 10.1 Å². The standard InChI is InChI=1S/C26H24FN5O3/c1-31-14-13-28-23(31)22(16-9-11-18(27)12-10-16)29-24(33)17-5-4-6-19(15-17)32-26(35)21-8-3-2-7-20(21)25(34)30-32/h2-6,9-15,20-22H,7-8H2,1H3,(H,29,33)(H,30,34). The van der Waals surface area contributed by atoms with Gasteiger partial charge in [-0.25, -0.2) is 14.4 Å². The van der Waals surface area contributed by atoms with E-state index in [0.29, 0.717) is 35.5 Å². The molecule has 1 aliphatic heterocycles. The van der Waals surface area contributed by atoms with Crippen LogP contribution in [0.5, 0.6) is 0 Å². The van der Waals surface area contributed by atoms with Gasteiger partial charge in [-0.15, -0.1) is 0 Å². The summed E-state index contributed by atoms with van der Waals surface area (Å²) in [6.45, 7) is 0. The SMILES string of the molecule is Cn1ccnc1C(NC(=O)c1cccc(N2NC(=O)C3CC=CCC3C2=O)c1)c1ccc(F)cc1. The average Bonchev–Trinajstić information content (AvgIpc) is 3.31. The van der Waals surface area contributed by atoms with Crippen LogP contribution in [0, 0.1) is 17.7 Å². The normalized spacial score (nSPS) is 20.2. The predicted octanol–water partition coefficient (Wildman–Crippen LogP) is 3.04. The van der Waals surface area contributed by atoms with E-state index < -0.39 is 17.9 Å². The number of allylic oxidation sites excluding steroid dienone is 2. The predicted molar refractivity (Wildman–Crippen MR) is 126 cm³/mol. The fourth-order valence-corrected chi connectivity index (χ4v) is 4.59. The Kier molecular flexibility index (Phi) is 5.90. The number of aryl methyl sites for hydroxylation is 1. The molecule has 3 amide bonds. The third kappa shape index (κ3) is 4.32. The van der Waals surface area contributed by atoms with E-state index in [1.165, 1.54) is 17.1 Å². The van der Waals surface area contributed by atoms with Gasteiger partial charge >= 0.3 is 0 Å². The summed E-state index contributed by atoms with van der Waals surface area (Å²) in [5.41, 5.74) is 4.05. The van der Waals surface area contributed by atoms with Crippen LogP contribution in [0.1, 0.15) is 40.6 Å². The van der Waals surface area contributed by atoms with E-state index in [-0.39, 0.29) is 23.5 Å². The monoisotopic (exact) mass is 473 g/mol. The van der Waals surface area contributed by atoms with Gasteiger partial charge in [-0.2, -0.15) is 0 Å². The Labute approximate surface area is 201 Å². The Hall–Kier alpha value is -4.27. The van der Waals surface area contributed by atoms with Gasteiger partial charge < -0.3 is 9.88 Å². The number of fused-ring (bicyclic) bond motifs is 1. The number of amides is 3. The number of carbonyl (C=O) groups is 3. The average molecular weight is 474 g/mol. The van der Waals surface area contributed by atoms with E-state index in [1.807, 2.05) is 19.2 Å². The lowest BCUT2D eigenvalue weighted by molar-refractivity contribution is -0.139. The number of carbonyl (C=O) groups excluding carboxylic acids is 3. The summed E-state index contributed by atoms with van der Waals surface area (Å²) in [6.07, 6.45) is 8.28. The van der Waals surface area contributed by atoms with E-state index in [4.69, 9.17) is 0 Å². The number of aromatic nitrogens is 2. The van der Waals surface area contributed by atoms with Crippen LogP contribution in [0.3, 0.4) is 0 Å². The van der Waals surface area contributed by atoms with Crippen molar-refractivity contribution in [3.8, 4) is 0 Å². The summed E-state index contributed by atoms with van der Waals surface area (Å²) in [7, 11) is 1.81. The van der Waals surface area contributed by atoms with Crippen molar-refractivity contribution in [3.05, 3.63) is 95.8 Å². The minimum atomic E-state index is -0.627. The second-order valence-corrected chi connectivity index (χ2v) is 8.71. The van der Waals surface area contributed by atoms with E-state index in [0.717, 1.165) is 0 Å². The lowest BCUT2D eigenvalue weighted by atomic mass is 9.80. The summed E-state index contributed by atoms with van der Waals surface area (Å²) in [4.78, 5) is 43.4. The third-order valence-corrected chi connectivity index (χ3v) is 6.49. The Morgan fingerprint density at radius 3 is 2.57 bits per heavy atom. The molecular weight excluding hydrogens is 449 g/mol. The van der Waals surface area contributed by atoms with Gasteiger partial charge in [0.25, 0.3) is 5.91 Å². The summed E-state index contributed by atoms with van der Waals surface area (Å²) >= 11 is 0. The van der Waals surface area contributed by atoms with Crippen molar-refractivity contribution in [1.82, 2.24) is 20.3 Å². The molecule has 9 heteroatoms. The highest BCUT2D eigenvalue weighted by molar-refractivity contribution is 6.05. The molecule has 3 unspecified atom stereocenters. The van der Waals surface area contributed by atoms with Crippen molar-refractivity contribution in [2.24, 2.45) is 18.9 Å². The zero-order chi connectivity index (χ0) is 24.5. The molecule has 35 heavy (non-hydrogen) atoms. The first-order valence-corrected chi connectivity index (χ1v) is 11.4. The minimum Gasteiger partial charge on any atom is -0.338 e. The van der Waals surface area contributed by atoms with Crippen LogP contribution >= 0.6 is 0 Å². The Morgan fingerprint density at radius 1 is 1.11 bits per heavy atom. The first-order valence-electron chi connectivity index (χ1n) is 11.4. The molecule has 0 saturated carbocycles. The Bertz CT molecular complexity index is 1320. The molecule has 0 bridgehead atoms. The number of imidazole rings is 1. The number of nitrogens with one attached hydrogen (secondary N) is 2. The lowest BCUT2D eigenvalue weighted by Crippen LogP contribution is -2.59. The van der Waals surface area contributed by atoms with E-state index in [2.05, 4.69) is 15.7 Å². The summed E-state index contributed by atoms with van der Waals surface area (Å²) < 4.78 is 15.3. The Morgan fingerprint density at radius 2 is 1.86 bits per heavy atom. The number of hydrogen-bond donors (Lipinski definition) is 2. The molecule has 178 valence electrons. The van der Waals surface area contributed by atoms with Crippen LogP contribution in [0.25, 0.3) is 0 Å². The van der Waals surface area contributed by atoms with Crippen molar-refractivity contribution < 1.29 is 18.8 Å². The Balaban J connectivity index is 1.41. The second-order valence-electron chi connectivity index (χ2n) is 8.71. The van der Waals surface area contributed by atoms with Crippen LogP contribution in [-0.4, -0.2) is 27.3 Å². The van der Waals surface area contributed by atoms with Gasteiger partial charge in [-0.1, -0.05) is 30.4 Å². The molecule has 1 fully saturated rings. The van der Waals surface area contributed by atoms with Crippen molar-refractivity contribution in [2.75, 3.05) is 5.01 Å². The molecule has 1 saturated heterocycles. The van der Waals surface area contributed by atoms with E-state index in [9.17, 15) is 18.8 Å². The molecule has 8 nitrogen and oxygen atoms in total. The number of hydrazine groups is 1. The zero-order valence-corrected chi connectivity index (χ0v) is 19.0. The maximum absolute atomic E-state index is 13.5. The molecule has 2 aromatic carbocycles. The van der Waals surface area contributed by atoms with Gasteiger partial charge in [-0.05, 0) is 48.7 Å². The van der Waals surface area contributed by atoms with Crippen LogP contribution in [0.2, 0.25) is 0 Å². The minimum absolute atomic E-state index is 0.200. The highest BCUT2D eigenvalue weighted by Gasteiger charge is 2.42. The van der Waals surface area contributed by atoms with Crippen LogP contribution < -0.4 is 15.8 Å². The van der Waals surface area contributed by atoms with Crippen molar-refractivity contribution in [2.45, 2.75) is 18.9 Å². The van der Waals surface area contributed by atoms with Gasteiger partial charge in [-0.3, -0.25) is 19.8 Å². The zero-order valence-electron chi connectivity index (χ0n) is 19.0.